The van der Waals surface area contributed by atoms with E-state index in [1.807, 2.05) is 18.2 Å². The second-order valence-electron chi connectivity index (χ2n) is 4.23. The highest BCUT2D eigenvalue weighted by Crippen LogP contribution is 2.09. The van der Waals surface area contributed by atoms with Crippen molar-refractivity contribution >= 4 is 11.7 Å². The molecule has 5 heteroatoms. The zero-order chi connectivity index (χ0) is 14.4. The normalized spacial score (nSPS) is 10.1. The van der Waals surface area contributed by atoms with Crippen LogP contribution in [0.2, 0.25) is 0 Å². The van der Waals surface area contributed by atoms with Crippen molar-refractivity contribution in [2.45, 2.75) is 6.42 Å². The van der Waals surface area contributed by atoms with Gasteiger partial charge in [-0.15, -0.1) is 0 Å². The van der Waals surface area contributed by atoms with Gasteiger partial charge in [0.1, 0.15) is 11.6 Å². The van der Waals surface area contributed by atoms with E-state index in [4.69, 9.17) is 0 Å². The molecule has 2 rings (SSSR count). The second kappa shape index (κ2) is 6.65. The van der Waals surface area contributed by atoms with Crippen molar-refractivity contribution in [3.63, 3.8) is 0 Å². The molecule has 0 saturated carbocycles. The Bertz CT molecular complexity index is 588. The Morgan fingerprint density at radius 3 is 2.50 bits per heavy atom. The summed E-state index contributed by atoms with van der Waals surface area (Å²) in [6.07, 6.45) is 0.300. The molecule has 0 heterocycles. The summed E-state index contributed by atoms with van der Waals surface area (Å²) in [5.74, 6) is -1.21. The first-order valence-electron chi connectivity index (χ1n) is 6.19. The lowest BCUT2D eigenvalue weighted by Gasteiger charge is -2.08. The van der Waals surface area contributed by atoms with E-state index >= 15 is 0 Å². The number of benzene rings is 2. The van der Waals surface area contributed by atoms with Crippen LogP contribution in [0.15, 0.2) is 48.5 Å². The van der Waals surface area contributed by atoms with Gasteiger partial charge in [-0.3, -0.25) is 0 Å². The highest BCUT2D eigenvalue weighted by Gasteiger charge is 2.05. The Labute approximate surface area is 115 Å². The second-order valence-corrected chi connectivity index (χ2v) is 4.23. The van der Waals surface area contributed by atoms with Gasteiger partial charge >= 0.3 is 6.03 Å². The molecule has 2 N–H and O–H groups in total. The zero-order valence-corrected chi connectivity index (χ0v) is 10.7. The molecule has 0 unspecified atom stereocenters. The van der Waals surface area contributed by atoms with E-state index in [1.54, 1.807) is 12.1 Å². The number of carbonyl (C=O) groups is 1. The van der Waals surface area contributed by atoms with Crippen LogP contribution >= 0.6 is 0 Å². The molecule has 2 aromatic rings. The fourth-order valence-electron chi connectivity index (χ4n) is 1.73. The summed E-state index contributed by atoms with van der Waals surface area (Å²) < 4.78 is 26.1. The Hall–Kier alpha value is -2.43. The molecule has 2 amide bonds. The monoisotopic (exact) mass is 276 g/mol. The van der Waals surface area contributed by atoms with Crippen molar-refractivity contribution in [3.05, 3.63) is 65.7 Å². The van der Waals surface area contributed by atoms with Crippen LogP contribution in [0.5, 0.6) is 0 Å². The summed E-state index contributed by atoms with van der Waals surface area (Å²) in [7, 11) is 0. The number of rotatable bonds is 4. The maximum Gasteiger partial charge on any atom is 0.319 e. The Morgan fingerprint density at radius 1 is 1.05 bits per heavy atom. The van der Waals surface area contributed by atoms with E-state index in [0.717, 1.165) is 6.07 Å². The third-order valence-corrected chi connectivity index (χ3v) is 2.73. The Morgan fingerprint density at radius 2 is 1.80 bits per heavy atom. The molecule has 20 heavy (non-hydrogen) atoms. The molecular formula is C15H14F2N2O. The molecule has 3 nitrogen and oxygen atoms in total. The van der Waals surface area contributed by atoms with Gasteiger partial charge < -0.3 is 10.6 Å². The van der Waals surface area contributed by atoms with Gasteiger partial charge in [0.2, 0.25) is 0 Å². The van der Waals surface area contributed by atoms with E-state index in [0.29, 0.717) is 17.7 Å². The minimum Gasteiger partial charge on any atom is -0.338 e. The average molecular weight is 276 g/mol. The van der Waals surface area contributed by atoms with Crippen molar-refractivity contribution in [3.8, 4) is 0 Å². The van der Waals surface area contributed by atoms with Gasteiger partial charge in [0.05, 0.1) is 0 Å². The minimum atomic E-state index is -0.610. The van der Waals surface area contributed by atoms with Crippen LogP contribution in [0.25, 0.3) is 0 Å². The Balaban J connectivity index is 1.79. The van der Waals surface area contributed by atoms with Crippen molar-refractivity contribution in [1.29, 1.82) is 0 Å². The molecule has 104 valence electrons. The number of anilines is 1. The molecule has 0 fully saturated rings. The first-order chi connectivity index (χ1) is 9.65. The molecule has 0 aliphatic heterocycles. The van der Waals surface area contributed by atoms with Crippen molar-refractivity contribution in [1.82, 2.24) is 5.32 Å². The third kappa shape index (κ3) is 4.05. The van der Waals surface area contributed by atoms with E-state index < -0.39 is 11.6 Å². The first-order valence-corrected chi connectivity index (χ1v) is 6.19. The maximum absolute atomic E-state index is 13.4. The summed E-state index contributed by atoms with van der Waals surface area (Å²) in [6.45, 7) is 0.265. The third-order valence-electron chi connectivity index (χ3n) is 2.73. The molecule has 0 radical (unpaired) electrons. The number of para-hydroxylation sites is 1. The number of carbonyl (C=O) groups excluding carboxylic acids is 1. The van der Waals surface area contributed by atoms with Gasteiger partial charge in [0, 0.05) is 18.3 Å². The van der Waals surface area contributed by atoms with Gasteiger partial charge in [-0.05, 0) is 30.2 Å². The van der Waals surface area contributed by atoms with E-state index in [1.165, 1.54) is 12.1 Å². The minimum absolute atomic E-state index is 0.265. The van der Waals surface area contributed by atoms with Crippen LogP contribution in [0.4, 0.5) is 19.3 Å². The standard InChI is InChI=1S/C15H14F2N2O/c16-12-7-6-11(14(17)10-12)8-9-18-15(20)19-13-4-2-1-3-5-13/h1-7,10H,8-9H2,(H2,18,19,20). The molecule has 0 aliphatic carbocycles. The van der Waals surface area contributed by atoms with Gasteiger partial charge in [-0.2, -0.15) is 0 Å². The van der Waals surface area contributed by atoms with E-state index in [9.17, 15) is 13.6 Å². The lowest BCUT2D eigenvalue weighted by molar-refractivity contribution is 0.252. The van der Waals surface area contributed by atoms with Crippen LogP contribution in [0.1, 0.15) is 5.56 Å². The van der Waals surface area contributed by atoms with Crippen LogP contribution in [0, 0.1) is 11.6 Å². The summed E-state index contributed by atoms with van der Waals surface area (Å²) >= 11 is 0. The van der Waals surface area contributed by atoms with Crippen molar-refractivity contribution in [2.75, 3.05) is 11.9 Å². The predicted octanol–water partition coefficient (Wildman–Crippen LogP) is 3.33. The van der Waals surface area contributed by atoms with Crippen LogP contribution in [-0.4, -0.2) is 12.6 Å². The number of nitrogens with one attached hydrogen (secondary N) is 2. The van der Waals surface area contributed by atoms with Crippen LogP contribution in [-0.2, 0) is 6.42 Å². The summed E-state index contributed by atoms with van der Waals surface area (Å²) in [6, 6.07) is 12.0. The van der Waals surface area contributed by atoms with Crippen molar-refractivity contribution in [2.24, 2.45) is 0 Å². The van der Waals surface area contributed by atoms with E-state index in [-0.39, 0.29) is 12.6 Å². The van der Waals surface area contributed by atoms with Gasteiger partial charge in [-0.1, -0.05) is 24.3 Å². The largest absolute Gasteiger partial charge is 0.338 e. The molecular weight excluding hydrogens is 262 g/mol. The molecule has 0 aliphatic rings. The number of hydrogen-bond acceptors (Lipinski definition) is 1. The number of urea groups is 1. The smallest absolute Gasteiger partial charge is 0.319 e. The molecule has 0 saturated heterocycles. The number of halogens is 2. The lowest BCUT2D eigenvalue weighted by Crippen LogP contribution is -2.30. The highest BCUT2D eigenvalue weighted by molar-refractivity contribution is 5.89. The van der Waals surface area contributed by atoms with Crippen LogP contribution in [0.3, 0.4) is 0 Å². The summed E-state index contributed by atoms with van der Waals surface area (Å²) in [4.78, 5) is 11.6. The van der Waals surface area contributed by atoms with Crippen LogP contribution < -0.4 is 10.6 Å². The quantitative estimate of drug-likeness (QED) is 0.883. The fourth-order valence-corrected chi connectivity index (χ4v) is 1.73. The van der Waals surface area contributed by atoms with Gasteiger partial charge in [0.25, 0.3) is 0 Å². The number of hydrogen-bond donors (Lipinski definition) is 2. The van der Waals surface area contributed by atoms with Crippen molar-refractivity contribution < 1.29 is 13.6 Å². The molecule has 0 atom stereocenters. The highest BCUT2D eigenvalue weighted by atomic mass is 19.1. The van der Waals surface area contributed by atoms with Gasteiger partial charge in [0.15, 0.2) is 0 Å². The Kier molecular flexibility index (Phi) is 4.65. The molecule has 0 aromatic heterocycles. The molecule has 0 bridgehead atoms. The number of amides is 2. The topological polar surface area (TPSA) is 41.1 Å². The average Bonchev–Trinajstić information content (AvgIpc) is 2.42. The summed E-state index contributed by atoms with van der Waals surface area (Å²) in [5, 5.41) is 5.26. The first kappa shape index (κ1) is 14.0. The summed E-state index contributed by atoms with van der Waals surface area (Å²) in [5.41, 5.74) is 1.05. The fraction of sp³-hybridized carbons (Fsp3) is 0.133. The van der Waals surface area contributed by atoms with Gasteiger partial charge in [-0.25, -0.2) is 13.6 Å². The molecule has 2 aromatic carbocycles. The zero-order valence-electron chi connectivity index (χ0n) is 10.7. The molecule has 0 spiro atoms. The maximum atomic E-state index is 13.4. The SMILES string of the molecule is O=C(NCCc1ccc(F)cc1F)Nc1ccccc1. The van der Waals surface area contributed by atoms with E-state index in [2.05, 4.69) is 10.6 Å². The predicted molar refractivity (Wildman–Crippen MR) is 73.5 cm³/mol. The lowest BCUT2D eigenvalue weighted by atomic mass is 10.1.